The highest BCUT2D eigenvalue weighted by atomic mass is 16.5. The molecule has 102 valence electrons. The number of esters is 2. The van der Waals surface area contributed by atoms with Crippen molar-refractivity contribution in [2.24, 2.45) is 0 Å². The van der Waals surface area contributed by atoms with Gasteiger partial charge < -0.3 is 14.8 Å². The monoisotopic (exact) mass is 265 g/mol. The molecule has 6 heteroatoms. The number of hydrogen-bond donors (Lipinski definition) is 1. The second-order valence-electron chi connectivity index (χ2n) is 3.47. The summed E-state index contributed by atoms with van der Waals surface area (Å²) in [5.41, 5.74) is 0.766. The first kappa shape index (κ1) is 14.7. The molecule has 1 rings (SSSR count). The number of amides is 1. The minimum absolute atomic E-state index is 0.133. The van der Waals surface area contributed by atoms with Crippen LogP contribution in [-0.2, 0) is 19.1 Å². The molecule has 0 bridgehead atoms. The van der Waals surface area contributed by atoms with Crippen LogP contribution in [-0.4, -0.2) is 31.1 Å². The average molecular weight is 265 g/mol. The summed E-state index contributed by atoms with van der Waals surface area (Å²) >= 11 is 0. The van der Waals surface area contributed by atoms with Gasteiger partial charge in [0.25, 0.3) is 0 Å². The maximum Gasteiger partial charge on any atom is 0.397 e. The van der Waals surface area contributed by atoms with E-state index in [1.165, 1.54) is 24.3 Å². The maximum atomic E-state index is 11.4. The zero-order chi connectivity index (χ0) is 14.3. The molecule has 0 spiro atoms. The molecule has 1 N–H and O–H groups in total. The SMILES string of the molecule is CCOC(=O)C(=O)Nc1ccc(C(=O)OCC)cc1. The summed E-state index contributed by atoms with van der Waals surface area (Å²) in [6.45, 7) is 3.75. The van der Waals surface area contributed by atoms with E-state index in [2.05, 4.69) is 10.1 Å². The molecule has 0 aliphatic heterocycles. The lowest BCUT2D eigenvalue weighted by atomic mass is 10.2. The van der Waals surface area contributed by atoms with Crippen LogP contribution in [0.5, 0.6) is 0 Å². The van der Waals surface area contributed by atoms with Crippen molar-refractivity contribution in [3.05, 3.63) is 29.8 Å². The first-order valence-electron chi connectivity index (χ1n) is 5.83. The highest BCUT2D eigenvalue weighted by molar-refractivity contribution is 6.37. The lowest BCUT2D eigenvalue weighted by molar-refractivity contribution is -0.152. The van der Waals surface area contributed by atoms with Crippen LogP contribution >= 0.6 is 0 Å². The number of carbonyl (C=O) groups excluding carboxylic acids is 3. The minimum atomic E-state index is -0.947. The summed E-state index contributed by atoms with van der Waals surface area (Å²) in [7, 11) is 0. The Bertz CT molecular complexity index is 466. The van der Waals surface area contributed by atoms with Crippen molar-refractivity contribution in [2.75, 3.05) is 18.5 Å². The van der Waals surface area contributed by atoms with Crippen molar-refractivity contribution in [3.8, 4) is 0 Å². The first-order chi connectivity index (χ1) is 9.08. The fraction of sp³-hybridized carbons (Fsp3) is 0.308. The van der Waals surface area contributed by atoms with Gasteiger partial charge in [-0.25, -0.2) is 9.59 Å². The van der Waals surface area contributed by atoms with E-state index in [-0.39, 0.29) is 6.61 Å². The van der Waals surface area contributed by atoms with Crippen LogP contribution < -0.4 is 5.32 Å². The van der Waals surface area contributed by atoms with Gasteiger partial charge in [-0.1, -0.05) is 0 Å². The van der Waals surface area contributed by atoms with Crippen LogP contribution in [0.1, 0.15) is 24.2 Å². The third-order valence-electron chi connectivity index (χ3n) is 2.11. The molecule has 0 fully saturated rings. The Labute approximate surface area is 110 Å². The van der Waals surface area contributed by atoms with Crippen LogP contribution in [0.3, 0.4) is 0 Å². The molecule has 0 heterocycles. The summed E-state index contributed by atoms with van der Waals surface area (Å²) in [6, 6.07) is 6.00. The van der Waals surface area contributed by atoms with Gasteiger partial charge in [-0.3, -0.25) is 4.79 Å². The van der Waals surface area contributed by atoms with E-state index in [0.29, 0.717) is 17.9 Å². The van der Waals surface area contributed by atoms with Gasteiger partial charge in [-0.2, -0.15) is 0 Å². The molecule has 0 unspecified atom stereocenters. The van der Waals surface area contributed by atoms with Crippen molar-refractivity contribution in [1.82, 2.24) is 0 Å². The topological polar surface area (TPSA) is 81.7 Å². The second-order valence-corrected chi connectivity index (χ2v) is 3.47. The van der Waals surface area contributed by atoms with E-state index in [1.807, 2.05) is 0 Å². The van der Waals surface area contributed by atoms with Crippen molar-refractivity contribution < 1.29 is 23.9 Å². The highest BCUT2D eigenvalue weighted by Gasteiger charge is 2.15. The highest BCUT2D eigenvalue weighted by Crippen LogP contribution is 2.10. The number of carbonyl (C=O) groups is 3. The number of ether oxygens (including phenoxy) is 2. The molecule has 0 saturated carbocycles. The summed E-state index contributed by atoms with van der Waals surface area (Å²) in [6.07, 6.45) is 0. The number of nitrogens with one attached hydrogen (secondary N) is 1. The van der Waals surface area contributed by atoms with Crippen molar-refractivity contribution >= 4 is 23.5 Å². The van der Waals surface area contributed by atoms with Gasteiger partial charge in [0, 0.05) is 5.69 Å². The molecule has 0 aromatic heterocycles. The largest absolute Gasteiger partial charge is 0.462 e. The number of anilines is 1. The van der Waals surface area contributed by atoms with Crippen LogP contribution in [0.15, 0.2) is 24.3 Å². The molecule has 0 radical (unpaired) electrons. The Balaban J connectivity index is 2.64. The van der Waals surface area contributed by atoms with E-state index >= 15 is 0 Å². The number of benzene rings is 1. The molecular formula is C13H15NO5. The summed E-state index contributed by atoms with van der Waals surface area (Å²) in [4.78, 5) is 33.8. The molecule has 0 aliphatic carbocycles. The quantitative estimate of drug-likeness (QED) is 0.656. The van der Waals surface area contributed by atoms with Gasteiger partial charge in [-0.05, 0) is 38.1 Å². The zero-order valence-corrected chi connectivity index (χ0v) is 10.8. The number of hydrogen-bond acceptors (Lipinski definition) is 5. The van der Waals surface area contributed by atoms with Gasteiger partial charge in [-0.15, -0.1) is 0 Å². The molecule has 0 saturated heterocycles. The fourth-order valence-corrected chi connectivity index (χ4v) is 1.28. The van der Waals surface area contributed by atoms with Gasteiger partial charge in [0.1, 0.15) is 0 Å². The third kappa shape index (κ3) is 4.42. The van der Waals surface area contributed by atoms with Crippen molar-refractivity contribution in [2.45, 2.75) is 13.8 Å². The first-order valence-corrected chi connectivity index (χ1v) is 5.83. The predicted molar refractivity (Wildman–Crippen MR) is 67.7 cm³/mol. The Morgan fingerprint density at radius 1 is 1.00 bits per heavy atom. The summed E-state index contributed by atoms with van der Waals surface area (Å²) in [5, 5.41) is 2.36. The van der Waals surface area contributed by atoms with Gasteiger partial charge in [0.2, 0.25) is 0 Å². The van der Waals surface area contributed by atoms with E-state index in [0.717, 1.165) is 0 Å². The van der Waals surface area contributed by atoms with E-state index < -0.39 is 17.8 Å². The molecule has 0 aliphatic rings. The second kappa shape index (κ2) is 7.15. The molecule has 0 atom stereocenters. The van der Waals surface area contributed by atoms with E-state index in [9.17, 15) is 14.4 Å². The van der Waals surface area contributed by atoms with Crippen LogP contribution in [0.2, 0.25) is 0 Å². The Kier molecular flexibility index (Phi) is 5.53. The fourth-order valence-electron chi connectivity index (χ4n) is 1.28. The third-order valence-corrected chi connectivity index (χ3v) is 2.11. The Hall–Kier alpha value is -2.37. The molecule has 1 amide bonds. The van der Waals surface area contributed by atoms with Crippen LogP contribution in [0.25, 0.3) is 0 Å². The van der Waals surface area contributed by atoms with Crippen LogP contribution in [0, 0.1) is 0 Å². The van der Waals surface area contributed by atoms with Gasteiger partial charge in [0.15, 0.2) is 0 Å². The normalized spacial score (nSPS) is 9.58. The molecule has 1 aromatic carbocycles. The Morgan fingerprint density at radius 3 is 2.11 bits per heavy atom. The van der Waals surface area contributed by atoms with Gasteiger partial charge in [0.05, 0.1) is 18.8 Å². The van der Waals surface area contributed by atoms with Crippen molar-refractivity contribution in [1.29, 1.82) is 0 Å². The molecule has 6 nitrogen and oxygen atoms in total. The van der Waals surface area contributed by atoms with Crippen molar-refractivity contribution in [3.63, 3.8) is 0 Å². The van der Waals surface area contributed by atoms with E-state index in [4.69, 9.17) is 4.74 Å². The smallest absolute Gasteiger partial charge is 0.397 e. The zero-order valence-electron chi connectivity index (χ0n) is 10.8. The van der Waals surface area contributed by atoms with Crippen LogP contribution in [0.4, 0.5) is 5.69 Å². The minimum Gasteiger partial charge on any atom is -0.462 e. The lowest BCUT2D eigenvalue weighted by Gasteiger charge is -2.05. The number of rotatable bonds is 4. The standard InChI is InChI=1S/C13H15NO5/c1-3-18-12(16)9-5-7-10(8-6-9)14-11(15)13(17)19-4-2/h5-8H,3-4H2,1-2H3,(H,14,15). The maximum absolute atomic E-state index is 11.4. The summed E-state index contributed by atoms with van der Waals surface area (Å²) in [5.74, 6) is -2.24. The molecule has 19 heavy (non-hydrogen) atoms. The summed E-state index contributed by atoms with van der Waals surface area (Å²) < 4.78 is 9.36. The molecule has 1 aromatic rings. The lowest BCUT2D eigenvalue weighted by Crippen LogP contribution is -2.24. The Morgan fingerprint density at radius 2 is 1.58 bits per heavy atom. The van der Waals surface area contributed by atoms with Gasteiger partial charge >= 0.3 is 17.8 Å². The molecular weight excluding hydrogens is 250 g/mol. The average Bonchev–Trinajstić information content (AvgIpc) is 2.40. The van der Waals surface area contributed by atoms with E-state index in [1.54, 1.807) is 13.8 Å². The predicted octanol–water partition coefficient (Wildman–Crippen LogP) is 1.36.